The molecule has 0 fully saturated rings. The second-order valence-corrected chi connectivity index (χ2v) is 7.87. The highest BCUT2D eigenvalue weighted by atomic mass is 32.2. The first-order valence-electron chi connectivity index (χ1n) is 8.00. The van der Waals surface area contributed by atoms with Crippen LogP contribution < -0.4 is 4.74 Å². The molecular formula is C19H20N2O3S. The number of benzene rings is 2. The Hall–Kier alpha value is -2.60. The summed E-state index contributed by atoms with van der Waals surface area (Å²) in [5.74, 6) is 1.11. The molecule has 3 aromatic rings. The molecule has 6 heteroatoms. The SMILES string of the molecule is Cc1ccc(S(=O)(=O)n2ccnc2-c2ccc(OC(C)C)cc2)cc1. The Labute approximate surface area is 148 Å². The molecule has 0 unspecified atom stereocenters. The van der Waals surface area contributed by atoms with E-state index in [1.165, 1.54) is 16.4 Å². The Balaban J connectivity index is 1.99. The smallest absolute Gasteiger partial charge is 0.269 e. The molecular weight excluding hydrogens is 336 g/mol. The normalized spacial score (nSPS) is 11.7. The van der Waals surface area contributed by atoms with Crippen molar-refractivity contribution in [2.75, 3.05) is 0 Å². The van der Waals surface area contributed by atoms with Gasteiger partial charge in [0.2, 0.25) is 0 Å². The zero-order valence-corrected chi connectivity index (χ0v) is 15.2. The molecule has 3 rings (SSSR count). The van der Waals surface area contributed by atoms with Gasteiger partial charge in [0, 0.05) is 18.0 Å². The van der Waals surface area contributed by atoms with Gasteiger partial charge in [-0.15, -0.1) is 0 Å². The molecule has 0 aliphatic rings. The standard InChI is InChI=1S/C19H20N2O3S/c1-14(2)24-17-8-6-16(7-9-17)19-20-12-13-21(19)25(22,23)18-10-4-15(3)5-11-18/h4-14H,1-3H3. The van der Waals surface area contributed by atoms with Gasteiger partial charge >= 0.3 is 0 Å². The van der Waals surface area contributed by atoms with E-state index >= 15 is 0 Å². The van der Waals surface area contributed by atoms with Crippen LogP contribution in [0, 0.1) is 6.92 Å². The van der Waals surface area contributed by atoms with E-state index in [2.05, 4.69) is 4.98 Å². The molecule has 0 amide bonds. The first kappa shape index (κ1) is 17.2. The molecule has 1 heterocycles. The molecule has 1 aromatic heterocycles. The van der Waals surface area contributed by atoms with Gasteiger partial charge in [0.25, 0.3) is 10.0 Å². The highest BCUT2D eigenvalue weighted by molar-refractivity contribution is 7.90. The van der Waals surface area contributed by atoms with E-state index in [-0.39, 0.29) is 11.0 Å². The van der Waals surface area contributed by atoms with E-state index in [0.29, 0.717) is 11.4 Å². The molecule has 5 nitrogen and oxygen atoms in total. The average Bonchev–Trinajstić information content (AvgIpc) is 3.06. The van der Waals surface area contributed by atoms with E-state index < -0.39 is 10.0 Å². The zero-order valence-electron chi connectivity index (χ0n) is 14.4. The molecule has 0 N–H and O–H groups in total. The van der Waals surface area contributed by atoms with Gasteiger partial charge in [-0.25, -0.2) is 17.4 Å². The monoisotopic (exact) mass is 356 g/mol. The number of ether oxygens (including phenoxy) is 1. The van der Waals surface area contributed by atoms with Crippen LogP contribution in [0.25, 0.3) is 11.4 Å². The lowest BCUT2D eigenvalue weighted by Gasteiger charge is -2.12. The highest BCUT2D eigenvalue weighted by Gasteiger charge is 2.21. The van der Waals surface area contributed by atoms with Crippen LogP contribution in [-0.2, 0) is 10.0 Å². The van der Waals surface area contributed by atoms with Crippen molar-refractivity contribution >= 4 is 10.0 Å². The molecule has 0 aliphatic carbocycles. The molecule has 0 aliphatic heterocycles. The summed E-state index contributed by atoms with van der Waals surface area (Å²) in [6.07, 6.45) is 3.03. The van der Waals surface area contributed by atoms with Gasteiger partial charge < -0.3 is 4.74 Å². The van der Waals surface area contributed by atoms with E-state index in [1.54, 1.807) is 36.4 Å². The molecule has 0 bridgehead atoms. The molecule has 25 heavy (non-hydrogen) atoms. The topological polar surface area (TPSA) is 61.2 Å². The summed E-state index contributed by atoms with van der Waals surface area (Å²) in [4.78, 5) is 4.46. The molecule has 2 aromatic carbocycles. The average molecular weight is 356 g/mol. The Morgan fingerprint density at radius 2 is 1.64 bits per heavy atom. The lowest BCUT2D eigenvalue weighted by Crippen LogP contribution is -2.13. The fourth-order valence-electron chi connectivity index (χ4n) is 2.47. The van der Waals surface area contributed by atoms with Crippen molar-refractivity contribution in [3.8, 4) is 17.1 Å². The summed E-state index contributed by atoms with van der Waals surface area (Å²) in [7, 11) is -3.70. The Morgan fingerprint density at radius 3 is 2.24 bits per heavy atom. The van der Waals surface area contributed by atoms with Gasteiger partial charge in [-0.05, 0) is 57.2 Å². The number of imidazole rings is 1. The third kappa shape index (κ3) is 3.58. The van der Waals surface area contributed by atoms with Gasteiger partial charge in [-0.3, -0.25) is 0 Å². The van der Waals surface area contributed by atoms with Crippen LogP contribution in [0.5, 0.6) is 5.75 Å². The Morgan fingerprint density at radius 1 is 1.00 bits per heavy atom. The van der Waals surface area contributed by atoms with E-state index in [4.69, 9.17) is 4.74 Å². The molecule has 0 atom stereocenters. The summed E-state index contributed by atoms with van der Waals surface area (Å²) in [5.41, 5.74) is 1.71. The van der Waals surface area contributed by atoms with Crippen molar-refractivity contribution in [1.82, 2.24) is 8.96 Å². The van der Waals surface area contributed by atoms with Crippen LogP contribution in [0.2, 0.25) is 0 Å². The van der Waals surface area contributed by atoms with Crippen LogP contribution >= 0.6 is 0 Å². The lowest BCUT2D eigenvalue weighted by atomic mass is 10.2. The summed E-state index contributed by atoms with van der Waals surface area (Å²) in [5, 5.41) is 0. The summed E-state index contributed by atoms with van der Waals surface area (Å²) < 4.78 is 32.6. The third-order valence-electron chi connectivity index (χ3n) is 3.67. The minimum Gasteiger partial charge on any atom is -0.491 e. The van der Waals surface area contributed by atoms with E-state index in [1.807, 2.05) is 32.9 Å². The summed E-state index contributed by atoms with van der Waals surface area (Å²) in [6.45, 7) is 5.82. The first-order valence-corrected chi connectivity index (χ1v) is 9.44. The van der Waals surface area contributed by atoms with Crippen LogP contribution in [-0.4, -0.2) is 23.5 Å². The quantitative estimate of drug-likeness (QED) is 0.696. The third-order valence-corrected chi connectivity index (χ3v) is 5.35. The number of hydrogen-bond acceptors (Lipinski definition) is 4. The van der Waals surface area contributed by atoms with Crippen molar-refractivity contribution in [2.45, 2.75) is 31.8 Å². The maximum atomic E-state index is 12.9. The molecule has 0 spiro atoms. The second kappa shape index (κ2) is 6.72. The van der Waals surface area contributed by atoms with Crippen molar-refractivity contribution in [1.29, 1.82) is 0 Å². The Kier molecular flexibility index (Phi) is 4.63. The van der Waals surface area contributed by atoms with Crippen molar-refractivity contribution in [2.24, 2.45) is 0 Å². The van der Waals surface area contributed by atoms with Crippen molar-refractivity contribution in [3.63, 3.8) is 0 Å². The fraction of sp³-hybridized carbons (Fsp3) is 0.211. The number of aromatic nitrogens is 2. The summed E-state index contributed by atoms with van der Waals surface area (Å²) in [6, 6.07) is 14.0. The van der Waals surface area contributed by atoms with Crippen LogP contribution in [0.3, 0.4) is 0 Å². The summed E-state index contributed by atoms with van der Waals surface area (Å²) >= 11 is 0. The maximum Gasteiger partial charge on any atom is 0.269 e. The molecule has 0 saturated heterocycles. The van der Waals surface area contributed by atoms with Crippen LogP contribution in [0.1, 0.15) is 19.4 Å². The number of nitrogens with zero attached hydrogens (tertiary/aromatic N) is 2. The Bertz CT molecular complexity index is 957. The lowest BCUT2D eigenvalue weighted by molar-refractivity contribution is 0.242. The van der Waals surface area contributed by atoms with Crippen molar-refractivity contribution < 1.29 is 13.2 Å². The largest absolute Gasteiger partial charge is 0.491 e. The number of hydrogen-bond donors (Lipinski definition) is 0. The van der Waals surface area contributed by atoms with Gasteiger partial charge in [0.05, 0.1) is 11.0 Å². The maximum absolute atomic E-state index is 12.9. The molecule has 0 radical (unpaired) electrons. The predicted molar refractivity (Wildman–Crippen MR) is 97.2 cm³/mol. The molecule has 0 saturated carbocycles. The minimum atomic E-state index is -3.70. The number of rotatable bonds is 5. The van der Waals surface area contributed by atoms with Gasteiger partial charge in [0.1, 0.15) is 5.75 Å². The van der Waals surface area contributed by atoms with Gasteiger partial charge in [-0.2, -0.15) is 0 Å². The van der Waals surface area contributed by atoms with Crippen molar-refractivity contribution in [3.05, 3.63) is 66.5 Å². The number of aryl methyl sites for hydroxylation is 1. The van der Waals surface area contributed by atoms with E-state index in [0.717, 1.165) is 11.3 Å². The zero-order chi connectivity index (χ0) is 18.0. The fourth-order valence-corrected chi connectivity index (χ4v) is 3.77. The van der Waals surface area contributed by atoms with E-state index in [9.17, 15) is 8.42 Å². The predicted octanol–water partition coefficient (Wildman–Crippen LogP) is 3.88. The van der Waals surface area contributed by atoms with Crippen LogP contribution in [0.15, 0.2) is 65.8 Å². The van der Waals surface area contributed by atoms with Crippen LogP contribution in [0.4, 0.5) is 0 Å². The van der Waals surface area contributed by atoms with Gasteiger partial charge in [-0.1, -0.05) is 17.7 Å². The minimum absolute atomic E-state index is 0.0785. The first-order chi connectivity index (χ1) is 11.9. The highest BCUT2D eigenvalue weighted by Crippen LogP contribution is 2.25. The second-order valence-electron chi connectivity index (χ2n) is 6.06. The van der Waals surface area contributed by atoms with Gasteiger partial charge in [0.15, 0.2) is 5.82 Å². The molecule has 130 valence electrons.